The zero-order valence-corrected chi connectivity index (χ0v) is 15.1. The largest absolute Gasteiger partial charge is 0.370 e. The Labute approximate surface area is 149 Å². The van der Waals surface area contributed by atoms with Crippen LogP contribution in [0.2, 0.25) is 0 Å². The summed E-state index contributed by atoms with van der Waals surface area (Å²) in [6, 6.07) is 14.8. The van der Waals surface area contributed by atoms with Gasteiger partial charge in [-0.25, -0.2) is 0 Å². The maximum Gasteiger partial charge on any atom is 0.173 e. The highest BCUT2D eigenvalue weighted by molar-refractivity contribution is 7.80. The van der Waals surface area contributed by atoms with Crippen LogP contribution in [0, 0.1) is 0 Å². The van der Waals surface area contributed by atoms with Crippen molar-refractivity contribution in [1.82, 2.24) is 5.32 Å². The van der Waals surface area contributed by atoms with Gasteiger partial charge in [0.1, 0.15) is 13.1 Å². The molecule has 4 nitrogen and oxygen atoms in total. The molecule has 5 heteroatoms. The maximum absolute atomic E-state index is 5.54. The number of thiocarbonyl (C=S) groups is 1. The third-order valence-corrected chi connectivity index (χ3v) is 5.03. The van der Waals surface area contributed by atoms with Gasteiger partial charge in [-0.1, -0.05) is 30.3 Å². The molecule has 2 N–H and O–H groups in total. The van der Waals surface area contributed by atoms with Gasteiger partial charge in [0.2, 0.25) is 0 Å². The highest BCUT2D eigenvalue weighted by Gasteiger charge is 2.13. The number of fused-ring (bicyclic) bond motifs is 1. The van der Waals surface area contributed by atoms with Crippen LogP contribution in [-0.2, 0) is 4.74 Å². The summed E-state index contributed by atoms with van der Waals surface area (Å²) in [6.07, 6.45) is 1.13. The minimum atomic E-state index is 0.780. The van der Waals surface area contributed by atoms with Crippen molar-refractivity contribution < 1.29 is 9.64 Å². The fraction of sp³-hybridized carbons (Fsp3) is 0.421. The molecule has 128 valence electrons. The average Bonchev–Trinajstić information content (AvgIpc) is 2.65. The Bertz CT molecular complexity index is 685. The van der Waals surface area contributed by atoms with E-state index in [9.17, 15) is 0 Å². The van der Waals surface area contributed by atoms with E-state index in [1.165, 1.54) is 17.3 Å². The van der Waals surface area contributed by atoms with Crippen LogP contribution in [0.3, 0.4) is 0 Å². The van der Waals surface area contributed by atoms with E-state index in [4.69, 9.17) is 17.0 Å². The van der Waals surface area contributed by atoms with Gasteiger partial charge < -0.3 is 19.9 Å². The van der Waals surface area contributed by atoms with Crippen LogP contribution < -0.4 is 15.1 Å². The summed E-state index contributed by atoms with van der Waals surface area (Å²) in [4.78, 5) is 3.68. The van der Waals surface area contributed by atoms with Crippen molar-refractivity contribution in [3.8, 4) is 0 Å². The van der Waals surface area contributed by atoms with Crippen LogP contribution in [0.25, 0.3) is 10.8 Å². The molecule has 1 heterocycles. The van der Waals surface area contributed by atoms with Crippen molar-refractivity contribution >= 4 is 33.8 Å². The van der Waals surface area contributed by atoms with Crippen molar-refractivity contribution in [1.29, 1.82) is 0 Å². The summed E-state index contributed by atoms with van der Waals surface area (Å²) in [7, 11) is 2.02. The molecule has 0 bridgehead atoms. The molecule has 0 radical (unpaired) electrons. The van der Waals surface area contributed by atoms with Gasteiger partial charge in [-0.05, 0) is 35.1 Å². The van der Waals surface area contributed by atoms with Crippen LogP contribution in [0.5, 0.6) is 0 Å². The lowest BCUT2D eigenvalue weighted by molar-refractivity contribution is -0.908. The molecule has 2 aromatic rings. The van der Waals surface area contributed by atoms with E-state index in [-0.39, 0.29) is 0 Å². The lowest BCUT2D eigenvalue weighted by atomic mass is 10.1. The van der Waals surface area contributed by atoms with E-state index in [1.807, 2.05) is 11.9 Å². The first kappa shape index (κ1) is 17.1. The Hall–Kier alpha value is -1.69. The normalized spacial score (nSPS) is 15.4. The third-order valence-electron chi connectivity index (χ3n) is 4.61. The Morgan fingerprint density at radius 1 is 1.17 bits per heavy atom. The Morgan fingerprint density at radius 3 is 2.71 bits per heavy atom. The lowest BCUT2D eigenvalue weighted by Gasteiger charge is -2.24. The molecular weight excluding hydrogens is 318 g/mol. The SMILES string of the molecule is CN(C(=S)NCCC[NH+]1CCOCC1)c1ccc2ccccc2c1. The van der Waals surface area contributed by atoms with E-state index < -0.39 is 0 Å². The molecule has 0 aliphatic carbocycles. The molecular formula is C19H26N3OS+. The third kappa shape index (κ3) is 4.44. The molecule has 1 aliphatic heterocycles. The molecule has 0 amide bonds. The fourth-order valence-corrected chi connectivity index (χ4v) is 3.27. The Kier molecular flexibility index (Phi) is 6.01. The summed E-state index contributed by atoms with van der Waals surface area (Å²) >= 11 is 5.54. The van der Waals surface area contributed by atoms with Crippen LogP contribution in [-0.4, -0.2) is 51.6 Å². The first-order valence-corrected chi connectivity index (χ1v) is 9.06. The number of hydrogen-bond acceptors (Lipinski definition) is 2. The predicted octanol–water partition coefficient (Wildman–Crippen LogP) is 1.46. The lowest BCUT2D eigenvalue weighted by Crippen LogP contribution is -3.14. The van der Waals surface area contributed by atoms with Gasteiger partial charge in [0.25, 0.3) is 0 Å². The molecule has 24 heavy (non-hydrogen) atoms. The first-order valence-electron chi connectivity index (χ1n) is 8.66. The number of nitrogens with one attached hydrogen (secondary N) is 2. The summed E-state index contributed by atoms with van der Waals surface area (Å²) in [5, 5.41) is 6.65. The van der Waals surface area contributed by atoms with Gasteiger partial charge >= 0.3 is 0 Å². The number of hydrogen-bond donors (Lipinski definition) is 2. The van der Waals surface area contributed by atoms with Crippen LogP contribution >= 0.6 is 12.2 Å². The highest BCUT2D eigenvalue weighted by Crippen LogP contribution is 2.21. The standard InChI is InChI=1S/C19H25N3OS/c1-21(18-8-7-16-5-2-3-6-17(16)15-18)19(24)20-9-4-10-22-11-13-23-14-12-22/h2-3,5-8,15H,4,9-14H2,1H3,(H,20,24)/p+1. The smallest absolute Gasteiger partial charge is 0.173 e. The van der Waals surface area contributed by atoms with E-state index >= 15 is 0 Å². The number of ether oxygens (including phenoxy) is 1. The molecule has 2 aromatic carbocycles. The number of quaternary nitrogens is 1. The Balaban J connectivity index is 1.48. The minimum Gasteiger partial charge on any atom is -0.370 e. The quantitative estimate of drug-likeness (QED) is 0.635. The monoisotopic (exact) mass is 344 g/mol. The molecule has 1 saturated heterocycles. The second-order valence-corrected chi connectivity index (χ2v) is 6.68. The van der Waals surface area contributed by atoms with E-state index in [1.54, 1.807) is 4.90 Å². The molecule has 0 unspecified atom stereocenters. The minimum absolute atomic E-state index is 0.780. The molecule has 0 spiro atoms. The van der Waals surface area contributed by atoms with E-state index in [2.05, 4.69) is 47.8 Å². The number of benzene rings is 2. The van der Waals surface area contributed by atoms with Gasteiger partial charge in [-0.3, -0.25) is 0 Å². The fourth-order valence-electron chi connectivity index (χ4n) is 3.06. The molecule has 3 rings (SSSR count). The van der Waals surface area contributed by atoms with Crippen LogP contribution in [0.15, 0.2) is 42.5 Å². The summed E-state index contributed by atoms with van der Waals surface area (Å²) < 4.78 is 5.39. The van der Waals surface area contributed by atoms with Crippen LogP contribution in [0.4, 0.5) is 5.69 Å². The molecule has 0 aromatic heterocycles. The van der Waals surface area contributed by atoms with E-state index in [0.29, 0.717) is 0 Å². The zero-order valence-electron chi connectivity index (χ0n) is 14.3. The van der Waals surface area contributed by atoms with Gasteiger partial charge in [-0.15, -0.1) is 0 Å². The summed E-state index contributed by atoms with van der Waals surface area (Å²) in [5.41, 5.74) is 1.12. The predicted molar refractivity (Wildman–Crippen MR) is 104 cm³/mol. The van der Waals surface area contributed by atoms with Crippen molar-refractivity contribution in [3.63, 3.8) is 0 Å². The zero-order chi connectivity index (χ0) is 16.8. The second kappa shape index (κ2) is 8.42. The molecule has 0 atom stereocenters. The van der Waals surface area contributed by atoms with E-state index in [0.717, 1.165) is 50.1 Å². The molecule has 0 saturated carbocycles. The Morgan fingerprint density at radius 2 is 1.92 bits per heavy atom. The van der Waals surface area contributed by atoms with Crippen molar-refractivity contribution in [2.75, 3.05) is 51.3 Å². The number of nitrogens with zero attached hydrogens (tertiary/aromatic N) is 1. The maximum atomic E-state index is 5.54. The van der Waals surface area contributed by atoms with Gasteiger partial charge in [0.15, 0.2) is 5.11 Å². The highest BCUT2D eigenvalue weighted by atomic mass is 32.1. The average molecular weight is 345 g/mol. The molecule has 1 fully saturated rings. The van der Waals surface area contributed by atoms with Crippen LogP contribution in [0.1, 0.15) is 6.42 Å². The van der Waals surface area contributed by atoms with Crippen molar-refractivity contribution in [2.24, 2.45) is 0 Å². The number of morpholine rings is 1. The summed E-state index contributed by atoms with van der Waals surface area (Å²) in [5.74, 6) is 0. The van der Waals surface area contributed by atoms with Crippen molar-refractivity contribution in [3.05, 3.63) is 42.5 Å². The topological polar surface area (TPSA) is 28.9 Å². The number of rotatable bonds is 5. The van der Waals surface area contributed by atoms with Gasteiger partial charge in [-0.2, -0.15) is 0 Å². The van der Waals surface area contributed by atoms with Gasteiger partial charge in [0.05, 0.1) is 19.8 Å². The first-order chi connectivity index (χ1) is 11.7. The molecule has 1 aliphatic rings. The van der Waals surface area contributed by atoms with Gasteiger partial charge in [0, 0.05) is 25.7 Å². The summed E-state index contributed by atoms with van der Waals surface area (Å²) in [6.45, 7) is 6.14. The number of anilines is 1. The second-order valence-electron chi connectivity index (χ2n) is 6.29. The van der Waals surface area contributed by atoms with Crippen molar-refractivity contribution in [2.45, 2.75) is 6.42 Å².